The normalized spacial score (nSPS) is 13.8. The first-order valence-corrected chi connectivity index (χ1v) is 12.4. The van der Waals surface area contributed by atoms with E-state index in [-0.39, 0.29) is 17.6 Å². The summed E-state index contributed by atoms with van der Waals surface area (Å²) in [4.78, 5) is 29.5. The Morgan fingerprint density at radius 1 is 0.833 bits per heavy atom. The Kier molecular flexibility index (Phi) is 6.85. The van der Waals surface area contributed by atoms with Gasteiger partial charge in [-0.3, -0.25) is 9.59 Å². The summed E-state index contributed by atoms with van der Waals surface area (Å²) >= 11 is 0. The Balaban J connectivity index is 1.20. The number of piperazine rings is 1. The van der Waals surface area contributed by atoms with Crippen molar-refractivity contribution in [3.63, 3.8) is 0 Å². The van der Waals surface area contributed by atoms with Gasteiger partial charge in [0, 0.05) is 61.8 Å². The number of amides is 2. The fraction of sp³-hybridized carbons (Fsp3) is 0.267. The van der Waals surface area contributed by atoms with E-state index in [0.717, 1.165) is 27.6 Å². The van der Waals surface area contributed by atoms with Gasteiger partial charge in [0.1, 0.15) is 5.82 Å². The minimum atomic E-state index is -0.240. The van der Waals surface area contributed by atoms with Gasteiger partial charge < -0.3 is 14.4 Å². The summed E-state index contributed by atoms with van der Waals surface area (Å²) in [6.07, 6.45) is 3.19. The van der Waals surface area contributed by atoms with Gasteiger partial charge in [-0.25, -0.2) is 4.39 Å². The lowest BCUT2D eigenvalue weighted by molar-refractivity contribution is -0.132. The average molecular weight is 484 g/mol. The molecular weight excluding hydrogens is 453 g/mol. The molecule has 0 spiro atoms. The van der Waals surface area contributed by atoms with Gasteiger partial charge in [-0.15, -0.1) is 0 Å². The minimum absolute atomic E-state index is 0.0241. The number of aromatic nitrogens is 1. The maximum absolute atomic E-state index is 13.3. The lowest BCUT2D eigenvalue weighted by Crippen LogP contribution is -2.50. The van der Waals surface area contributed by atoms with Crippen LogP contribution in [0.4, 0.5) is 4.39 Å². The molecule has 4 aromatic rings. The molecule has 5 rings (SSSR count). The van der Waals surface area contributed by atoms with Crippen LogP contribution >= 0.6 is 0 Å². The molecule has 0 N–H and O–H groups in total. The summed E-state index contributed by atoms with van der Waals surface area (Å²) in [6, 6.07) is 22.4. The van der Waals surface area contributed by atoms with Crippen molar-refractivity contribution in [1.29, 1.82) is 0 Å². The van der Waals surface area contributed by atoms with Gasteiger partial charge in [-0.2, -0.15) is 0 Å². The van der Waals surface area contributed by atoms with E-state index >= 15 is 0 Å². The first kappa shape index (κ1) is 23.8. The summed E-state index contributed by atoms with van der Waals surface area (Å²) in [5.41, 5.74) is 5.08. The largest absolute Gasteiger partial charge is 0.343 e. The second kappa shape index (κ2) is 10.4. The van der Waals surface area contributed by atoms with Crippen LogP contribution in [0.3, 0.4) is 0 Å². The average Bonchev–Trinajstić information content (AvgIpc) is 3.26. The number of carbonyl (C=O) groups is 2. The number of carbonyl (C=O) groups excluding carboxylic acids is 2. The van der Waals surface area contributed by atoms with Gasteiger partial charge >= 0.3 is 0 Å². The topological polar surface area (TPSA) is 45.6 Å². The second-order valence-corrected chi connectivity index (χ2v) is 9.46. The molecule has 1 aromatic heterocycles. The van der Waals surface area contributed by atoms with Crippen LogP contribution in [0, 0.1) is 12.7 Å². The molecule has 1 aliphatic rings. The number of hydrogen-bond donors (Lipinski definition) is 0. The number of rotatable bonds is 6. The fourth-order valence-corrected chi connectivity index (χ4v) is 4.88. The third-order valence-electron chi connectivity index (χ3n) is 6.96. The number of nitrogens with zero attached hydrogens (tertiary/aromatic N) is 3. The van der Waals surface area contributed by atoms with Crippen molar-refractivity contribution < 1.29 is 14.0 Å². The molecule has 36 heavy (non-hydrogen) atoms. The van der Waals surface area contributed by atoms with Crippen molar-refractivity contribution in [3.8, 4) is 0 Å². The van der Waals surface area contributed by atoms with Gasteiger partial charge in [0.25, 0.3) is 5.91 Å². The van der Waals surface area contributed by atoms with Crippen LogP contribution in [0.15, 0.2) is 79.0 Å². The zero-order valence-corrected chi connectivity index (χ0v) is 20.5. The molecule has 5 nitrogen and oxygen atoms in total. The molecule has 2 heterocycles. The fourth-order valence-electron chi connectivity index (χ4n) is 4.88. The molecule has 0 saturated carbocycles. The number of benzene rings is 3. The Morgan fingerprint density at radius 2 is 1.50 bits per heavy atom. The summed E-state index contributed by atoms with van der Waals surface area (Å²) in [6.45, 7) is 4.87. The van der Waals surface area contributed by atoms with Crippen LogP contribution in [0.1, 0.15) is 33.5 Å². The first-order chi connectivity index (χ1) is 17.5. The monoisotopic (exact) mass is 483 g/mol. The van der Waals surface area contributed by atoms with Crippen molar-refractivity contribution in [2.24, 2.45) is 0 Å². The highest BCUT2D eigenvalue weighted by Gasteiger charge is 2.25. The zero-order chi connectivity index (χ0) is 25.1. The highest BCUT2D eigenvalue weighted by atomic mass is 19.1. The maximum atomic E-state index is 13.3. The van der Waals surface area contributed by atoms with Crippen LogP contribution in [0.25, 0.3) is 10.9 Å². The molecule has 0 atom stereocenters. The molecule has 3 aromatic carbocycles. The Morgan fingerprint density at radius 3 is 2.22 bits per heavy atom. The van der Waals surface area contributed by atoms with Gasteiger partial charge in [0.15, 0.2) is 0 Å². The predicted octanol–water partition coefficient (Wildman–Crippen LogP) is 5.05. The van der Waals surface area contributed by atoms with E-state index in [4.69, 9.17) is 0 Å². The quantitative estimate of drug-likeness (QED) is 0.385. The Hall–Kier alpha value is -3.93. The molecule has 0 radical (unpaired) electrons. The SMILES string of the molecule is Cc1ccc(C(=O)N2CCN(C(=O)CCc3cn(Cc4ccc(F)cc4)c4ccccc34)CC2)cc1. The molecule has 1 aliphatic heterocycles. The van der Waals surface area contributed by atoms with Crippen LogP contribution in [0.5, 0.6) is 0 Å². The highest BCUT2D eigenvalue weighted by Crippen LogP contribution is 2.24. The molecule has 6 heteroatoms. The summed E-state index contributed by atoms with van der Waals surface area (Å²) in [5.74, 6) is -0.0977. The summed E-state index contributed by atoms with van der Waals surface area (Å²) in [5, 5.41) is 1.14. The van der Waals surface area contributed by atoms with E-state index in [1.165, 1.54) is 12.1 Å². The van der Waals surface area contributed by atoms with E-state index in [0.29, 0.717) is 51.1 Å². The number of para-hydroxylation sites is 1. The molecule has 184 valence electrons. The van der Waals surface area contributed by atoms with Gasteiger partial charge in [-0.1, -0.05) is 48.0 Å². The number of halogens is 1. The van der Waals surface area contributed by atoms with E-state index in [2.05, 4.69) is 22.9 Å². The molecular formula is C30H30FN3O2. The third-order valence-corrected chi connectivity index (χ3v) is 6.96. The van der Waals surface area contributed by atoms with Crippen LogP contribution in [-0.4, -0.2) is 52.4 Å². The van der Waals surface area contributed by atoms with Crippen molar-refractivity contribution >= 4 is 22.7 Å². The van der Waals surface area contributed by atoms with Crippen molar-refractivity contribution in [2.45, 2.75) is 26.3 Å². The smallest absolute Gasteiger partial charge is 0.253 e. The van der Waals surface area contributed by atoms with E-state index in [1.807, 2.05) is 53.1 Å². The summed E-state index contributed by atoms with van der Waals surface area (Å²) in [7, 11) is 0. The van der Waals surface area contributed by atoms with Crippen molar-refractivity contribution in [2.75, 3.05) is 26.2 Å². The first-order valence-electron chi connectivity index (χ1n) is 12.4. The zero-order valence-electron chi connectivity index (χ0n) is 20.5. The number of aryl methyl sites for hydroxylation is 2. The van der Waals surface area contributed by atoms with Gasteiger partial charge in [0.2, 0.25) is 5.91 Å². The molecule has 2 amide bonds. The molecule has 0 unspecified atom stereocenters. The molecule has 1 fully saturated rings. The lowest BCUT2D eigenvalue weighted by atomic mass is 10.1. The van der Waals surface area contributed by atoms with Crippen LogP contribution in [-0.2, 0) is 17.8 Å². The van der Waals surface area contributed by atoms with E-state index in [9.17, 15) is 14.0 Å². The Bertz CT molecular complexity index is 1370. The van der Waals surface area contributed by atoms with Crippen molar-refractivity contribution in [3.05, 3.63) is 107 Å². The summed E-state index contributed by atoms with van der Waals surface area (Å²) < 4.78 is 15.5. The molecule has 0 aliphatic carbocycles. The van der Waals surface area contributed by atoms with Crippen molar-refractivity contribution in [1.82, 2.24) is 14.4 Å². The van der Waals surface area contributed by atoms with Gasteiger partial charge in [-0.05, 0) is 54.8 Å². The Labute approximate surface area is 210 Å². The third kappa shape index (κ3) is 5.18. The van der Waals surface area contributed by atoms with E-state index in [1.54, 1.807) is 12.1 Å². The highest BCUT2D eigenvalue weighted by molar-refractivity contribution is 5.94. The van der Waals surface area contributed by atoms with Crippen LogP contribution in [0.2, 0.25) is 0 Å². The standard InChI is InChI=1S/C30H30FN3O2/c1-22-6-10-24(11-7-22)30(36)33-18-16-32(17-19-33)29(35)15-12-25-21-34(28-5-3-2-4-27(25)28)20-23-8-13-26(31)14-9-23/h2-11,13-14,21H,12,15-20H2,1H3. The number of hydrogen-bond acceptors (Lipinski definition) is 2. The molecule has 1 saturated heterocycles. The minimum Gasteiger partial charge on any atom is -0.343 e. The second-order valence-electron chi connectivity index (χ2n) is 9.46. The van der Waals surface area contributed by atoms with Crippen LogP contribution < -0.4 is 0 Å². The maximum Gasteiger partial charge on any atom is 0.253 e. The number of fused-ring (bicyclic) bond motifs is 1. The van der Waals surface area contributed by atoms with Gasteiger partial charge in [0.05, 0.1) is 0 Å². The molecule has 0 bridgehead atoms. The van der Waals surface area contributed by atoms with E-state index < -0.39 is 0 Å². The lowest BCUT2D eigenvalue weighted by Gasteiger charge is -2.35. The predicted molar refractivity (Wildman–Crippen MR) is 139 cm³/mol.